The summed E-state index contributed by atoms with van der Waals surface area (Å²) in [6.07, 6.45) is 1.68. The second kappa shape index (κ2) is 14.8. The van der Waals surface area contributed by atoms with Crippen molar-refractivity contribution in [3.63, 3.8) is 0 Å². The lowest BCUT2D eigenvalue weighted by atomic mass is 10.0. The molecule has 2 atom stereocenters. The van der Waals surface area contributed by atoms with Gasteiger partial charge in [-0.05, 0) is 60.4 Å². The first kappa shape index (κ1) is 31.6. The zero-order valence-corrected chi connectivity index (χ0v) is 25.1. The van der Waals surface area contributed by atoms with E-state index in [2.05, 4.69) is 5.32 Å². The molecular formula is C32H36FN3O7S. The molecular weight excluding hydrogens is 589 g/mol. The maximum absolute atomic E-state index is 13.8. The summed E-state index contributed by atoms with van der Waals surface area (Å²) in [5, 5.41) is 2.95. The number of benzene rings is 3. The molecule has 2 unspecified atom stereocenters. The molecule has 10 nitrogen and oxygen atoms in total. The number of halogens is 1. The number of carbonyl (C=O) groups excluding carboxylic acids is 2. The van der Waals surface area contributed by atoms with Crippen LogP contribution in [0.2, 0.25) is 0 Å². The third kappa shape index (κ3) is 8.00. The van der Waals surface area contributed by atoms with Gasteiger partial charge in [0.05, 0.1) is 24.2 Å². The monoisotopic (exact) mass is 625 g/mol. The maximum atomic E-state index is 13.8. The molecule has 234 valence electrons. The van der Waals surface area contributed by atoms with E-state index in [1.54, 1.807) is 36.4 Å². The molecule has 3 aromatic carbocycles. The van der Waals surface area contributed by atoms with Crippen molar-refractivity contribution in [2.24, 2.45) is 0 Å². The van der Waals surface area contributed by atoms with Crippen LogP contribution in [0.4, 0.5) is 4.39 Å². The highest BCUT2D eigenvalue weighted by Gasteiger charge is 2.33. The van der Waals surface area contributed by atoms with Crippen molar-refractivity contribution in [2.45, 2.75) is 36.4 Å². The minimum Gasteiger partial charge on any atom is -0.484 e. The van der Waals surface area contributed by atoms with Crippen LogP contribution in [-0.4, -0.2) is 81.6 Å². The molecule has 0 aromatic heterocycles. The Hall–Kier alpha value is -3.84. The zero-order chi connectivity index (χ0) is 30.9. The molecule has 2 fully saturated rings. The van der Waals surface area contributed by atoms with E-state index in [4.69, 9.17) is 14.2 Å². The standard InChI is InChI=1S/C32H36FN3O7S/c33-26-10-8-24(9-11-26)22-36(31(25-5-2-1-3-6-25)32(38)34-21-28-7-4-18-42-28)30(37)23-43-27-12-14-29(15-13-27)44(39,40)35-16-19-41-20-17-35/h1-3,5-6,8-15,28,31H,4,7,16-23H2,(H,34,38). The Labute approximate surface area is 256 Å². The van der Waals surface area contributed by atoms with E-state index in [0.717, 1.165) is 12.8 Å². The number of hydrogen-bond acceptors (Lipinski definition) is 7. The van der Waals surface area contributed by atoms with E-state index >= 15 is 0 Å². The van der Waals surface area contributed by atoms with Gasteiger partial charge in [0.1, 0.15) is 17.6 Å². The van der Waals surface area contributed by atoms with Gasteiger partial charge < -0.3 is 24.4 Å². The molecule has 0 aliphatic carbocycles. The predicted molar refractivity (Wildman–Crippen MR) is 160 cm³/mol. The van der Waals surface area contributed by atoms with Gasteiger partial charge in [0.25, 0.3) is 5.91 Å². The molecule has 0 spiro atoms. The molecule has 5 rings (SSSR count). The van der Waals surface area contributed by atoms with Crippen LogP contribution in [0.5, 0.6) is 5.75 Å². The molecule has 0 saturated carbocycles. The van der Waals surface area contributed by atoms with E-state index in [0.29, 0.717) is 43.2 Å². The lowest BCUT2D eigenvalue weighted by Gasteiger charge is -2.32. The van der Waals surface area contributed by atoms with Crippen molar-refractivity contribution in [3.8, 4) is 5.75 Å². The van der Waals surface area contributed by atoms with Crippen LogP contribution in [0.15, 0.2) is 83.8 Å². The van der Waals surface area contributed by atoms with Crippen LogP contribution >= 0.6 is 0 Å². The van der Waals surface area contributed by atoms with Crippen molar-refractivity contribution in [3.05, 3.63) is 95.8 Å². The Bertz CT molecular complexity index is 1490. The Morgan fingerprint density at radius 2 is 1.68 bits per heavy atom. The summed E-state index contributed by atoms with van der Waals surface area (Å²) in [4.78, 5) is 29.0. The lowest BCUT2D eigenvalue weighted by molar-refractivity contribution is -0.143. The number of hydrogen-bond donors (Lipinski definition) is 1. The van der Waals surface area contributed by atoms with Gasteiger partial charge in [0, 0.05) is 32.8 Å². The third-order valence-corrected chi connectivity index (χ3v) is 9.50. The van der Waals surface area contributed by atoms with E-state index in [1.807, 2.05) is 6.07 Å². The van der Waals surface area contributed by atoms with Crippen molar-refractivity contribution in [2.75, 3.05) is 46.1 Å². The zero-order valence-electron chi connectivity index (χ0n) is 24.3. The smallest absolute Gasteiger partial charge is 0.261 e. The molecule has 2 aliphatic heterocycles. The molecule has 44 heavy (non-hydrogen) atoms. The molecule has 2 amide bonds. The van der Waals surface area contributed by atoms with Crippen LogP contribution in [0.25, 0.3) is 0 Å². The van der Waals surface area contributed by atoms with Crippen molar-refractivity contribution < 1.29 is 36.6 Å². The van der Waals surface area contributed by atoms with Gasteiger partial charge in [-0.3, -0.25) is 9.59 Å². The number of ether oxygens (including phenoxy) is 3. The molecule has 0 radical (unpaired) electrons. The second-order valence-electron chi connectivity index (χ2n) is 10.6. The highest BCUT2D eigenvalue weighted by molar-refractivity contribution is 7.89. The molecule has 0 bridgehead atoms. The summed E-state index contributed by atoms with van der Waals surface area (Å²) >= 11 is 0. The molecule has 2 heterocycles. The highest BCUT2D eigenvalue weighted by atomic mass is 32.2. The largest absolute Gasteiger partial charge is 0.484 e. The van der Waals surface area contributed by atoms with E-state index in [-0.39, 0.29) is 36.5 Å². The summed E-state index contributed by atoms with van der Waals surface area (Å²) in [6.45, 7) is 1.81. The van der Waals surface area contributed by atoms with Gasteiger partial charge in [-0.15, -0.1) is 0 Å². The molecule has 12 heteroatoms. The second-order valence-corrected chi connectivity index (χ2v) is 12.6. The first-order valence-electron chi connectivity index (χ1n) is 14.6. The molecule has 2 aliphatic rings. The fourth-order valence-electron chi connectivity index (χ4n) is 5.21. The first-order chi connectivity index (χ1) is 21.3. The fraction of sp³-hybridized carbons (Fsp3) is 0.375. The number of nitrogens with zero attached hydrogens (tertiary/aromatic N) is 2. The van der Waals surface area contributed by atoms with Gasteiger partial charge >= 0.3 is 0 Å². The van der Waals surface area contributed by atoms with Crippen LogP contribution in [0, 0.1) is 5.82 Å². The summed E-state index contributed by atoms with van der Waals surface area (Å²) in [5.41, 5.74) is 1.23. The number of morpholine rings is 1. The minimum absolute atomic E-state index is 0.0200. The van der Waals surface area contributed by atoms with E-state index in [1.165, 1.54) is 45.6 Å². The van der Waals surface area contributed by atoms with E-state index in [9.17, 15) is 22.4 Å². The van der Waals surface area contributed by atoms with Gasteiger partial charge in [0.2, 0.25) is 15.9 Å². The van der Waals surface area contributed by atoms with Gasteiger partial charge in [-0.2, -0.15) is 4.31 Å². The summed E-state index contributed by atoms with van der Waals surface area (Å²) < 4.78 is 57.7. The normalized spacial score (nSPS) is 18.0. The van der Waals surface area contributed by atoms with E-state index < -0.39 is 34.4 Å². The first-order valence-corrected chi connectivity index (χ1v) is 16.0. The van der Waals surface area contributed by atoms with Gasteiger partial charge in [-0.25, -0.2) is 12.8 Å². The quantitative estimate of drug-likeness (QED) is 0.329. The van der Waals surface area contributed by atoms with Gasteiger partial charge in [0.15, 0.2) is 6.61 Å². The lowest BCUT2D eigenvalue weighted by Crippen LogP contribution is -2.46. The molecule has 2 saturated heterocycles. The Kier molecular flexibility index (Phi) is 10.6. The van der Waals surface area contributed by atoms with Crippen molar-refractivity contribution in [1.29, 1.82) is 0 Å². The number of nitrogens with one attached hydrogen (secondary N) is 1. The third-order valence-electron chi connectivity index (χ3n) is 7.58. The molecule has 1 N–H and O–H groups in total. The van der Waals surface area contributed by atoms with Crippen LogP contribution in [-0.2, 0) is 35.6 Å². The predicted octanol–water partition coefficient (Wildman–Crippen LogP) is 3.29. The van der Waals surface area contributed by atoms with Crippen molar-refractivity contribution in [1.82, 2.24) is 14.5 Å². The number of rotatable bonds is 12. The Morgan fingerprint density at radius 3 is 2.34 bits per heavy atom. The molecule has 3 aromatic rings. The SMILES string of the molecule is O=C(NCC1CCCO1)C(c1ccccc1)N(Cc1ccc(F)cc1)C(=O)COc1ccc(S(=O)(=O)N2CCOCC2)cc1. The highest BCUT2D eigenvalue weighted by Crippen LogP contribution is 2.26. The summed E-state index contributed by atoms with van der Waals surface area (Å²) in [5.74, 6) is -0.983. The average Bonchev–Trinajstić information content (AvgIpc) is 3.58. The summed E-state index contributed by atoms with van der Waals surface area (Å²) in [7, 11) is -3.68. The van der Waals surface area contributed by atoms with Crippen LogP contribution in [0.3, 0.4) is 0 Å². The Morgan fingerprint density at radius 1 is 0.977 bits per heavy atom. The summed E-state index contributed by atoms with van der Waals surface area (Å²) in [6, 6.07) is 19.5. The maximum Gasteiger partial charge on any atom is 0.261 e. The average molecular weight is 626 g/mol. The van der Waals surface area contributed by atoms with Crippen molar-refractivity contribution >= 4 is 21.8 Å². The fourth-order valence-corrected chi connectivity index (χ4v) is 6.61. The number of carbonyl (C=O) groups is 2. The van der Waals surface area contributed by atoms with Crippen LogP contribution < -0.4 is 10.1 Å². The number of sulfonamides is 1. The Balaban J connectivity index is 1.34. The number of amides is 2. The van der Waals surface area contributed by atoms with Crippen LogP contribution in [0.1, 0.15) is 30.0 Å². The van der Waals surface area contributed by atoms with Gasteiger partial charge in [-0.1, -0.05) is 42.5 Å². The topological polar surface area (TPSA) is 114 Å². The minimum atomic E-state index is -3.68.